The van der Waals surface area contributed by atoms with Gasteiger partial charge in [-0.2, -0.15) is 0 Å². The summed E-state index contributed by atoms with van der Waals surface area (Å²) in [4.78, 5) is 12.8. The smallest absolute Gasteiger partial charge is 0.169 e. The second-order valence-electron chi connectivity index (χ2n) is 12.8. The topological polar surface area (TPSA) is 52.0 Å². The van der Waals surface area contributed by atoms with Crippen LogP contribution in [0.5, 0.6) is 0 Å². The van der Waals surface area contributed by atoms with Crippen molar-refractivity contribution < 1.29 is 0 Å². The van der Waals surface area contributed by atoms with E-state index in [2.05, 4.69) is 150 Å². The minimum absolute atomic E-state index is 0.254. The number of nitrogens with zero attached hydrogens (tertiary/aromatic N) is 3. The molecule has 48 heavy (non-hydrogen) atoms. The predicted octanol–water partition coefficient (Wildman–Crippen LogP) is 10.2. The summed E-state index contributed by atoms with van der Waals surface area (Å²) in [7, 11) is 0. The summed E-state index contributed by atoms with van der Waals surface area (Å²) in [6, 6.07) is 37.0. The highest BCUT2D eigenvalue weighted by atomic mass is 15.3. The number of fused-ring (bicyclic) bond motifs is 1. The third kappa shape index (κ3) is 5.81. The van der Waals surface area contributed by atoms with E-state index in [1.807, 2.05) is 6.07 Å². The van der Waals surface area contributed by atoms with Crippen LogP contribution in [0.25, 0.3) is 16.7 Å². The molecule has 0 saturated carbocycles. The molecule has 0 amide bonds. The van der Waals surface area contributed by atoms with Crippen LogP contribution in [0, 0.1) is 0 Å². The fourth-order valence-corrected chi connectivity index (χ4v) is 7.28. The van der Waals surface area contributed by atoms with Crippen molar-refractivity contribution in [3.05, 3.63) is 156 Å². The first-order valence-electron chi connectivity index (χ1n) is 17.4. The van der Waals surface area contributed by atoms with Crippen LogP contribution in [0.15, 0.2) is 155 Å². The summed E-state index contributed by atoms with van der Waals surface area (Å²) in [5.74, 6) is 1.74. The van der Waals surface area contributed by atoms with Gasteiger partial charge in [-0.3, -0.25) is 0 Å². The molecule has 2 aliphatic heterocycles. The van der Waals surface area contributed by atoms with Gasteiger partial charge in [0.1, 0.15) is 17.8 Å². The minimum Gasteiger partial charge on any atom is -0.363 e. The van der Waals surface area contributed by atoms with E-state index in [0.717, 1.165) is 66.9 Å². The third-order valence-corrected chi connectivity index (χ3v) is 9.60. The van der Waals surface area contributed by atoms with Crippen molar-refractivity contribution in [2.75, 3.05) is 10.2 Å². The van der Waals surface area contributed by atoms with Crippen molar-refractivity contribution >= 4 is 34.3 Å². The summed E-state index contributed by atoms with van der Waals surface area (Å²) >= 11 is 0. The lowest BCUT2D eigenvalue weighted by molar-refractivity contribution is 0.666. The second kappa shape index (κ2) is 13.4. The molecular formula is C43H41N5. The minimum atomic E-state index is -0.276. The molecule has 2 atom stereocenters. The number of aliphatic imine (C=N–C) groups is 2. The SMILES string of the molecule is CCCC1Nc2ccccc2N1c1ccc(-c2ccccc2C2=C(C3=NC(C4=CCCC=C4)N=C(c4ccccc4)N3)C=CCC2)cc1. The number of rotatable bonds is 8. The van der Waals surface area contributed by atoms with Crippen molar-refractivity contribution in [1.29, 1.82) is 0 Å². The van der Waals surface area contributed by atoms with E-state index in [0.29, 0.717) is 0 Å². The summed E-state index contributed by atoms with van der Waals surface area (Å²) in [6.07, 6.45) is 17.5. The van der Waals surface area contributed by atoms with Crippen LogP contribution in [0.2, 0.25) is 0 Å². The van der Waals surface area contributed by atoms with Crippen LogP contribution in [0.4, 0.5) is 17.1 Å². The first kappa shape index (κ1) is 29.9. The molecule has 4 aromatic rings. The van der Waals surface area contributed by atoms with Gasteiger partial charge in [0.05, 0.1) is 11.4 Å². The predicted molar refractivity (Wildman–Crippen MR) is 202 cm³/mol. The van der Waals surface area contributed by atoms with Crippen molar-refractivity contribution in [2.24, 2.45) is 9.98 Å². The Hall–Kier alpha value is -5.42. The Morgan fingerprint density at radius 3 is 2.27 bits per heavy atom. The standard InChI is InChI=1S/C43H41N5/c1-2-15-40-44-38-24-13-14-25-39(38)48(40)33-28-26-30(27-29-33)34-20-9-10-21-35(34)36-22-11-12-23-37(36)43-46-41(31-16-5-3-6-17-31)45-42(47-43)32-18-7-4-8-19-32/h3,5-7,9-10,12-14,16-21,23-29,40,42,44H,2,4,8,11,15,22H2,1H3,(H,45,46,47). The van der Waals surface area contributed by atoms with E-state index in [1.54, 1.807) is 0 Å². The van der Waals surface area contributed by atoms with Gasteiger partial charge in [-0.05, 0) is 84.2 Å². The Labute approximate surface area is 283 Å². The summed E-state index contributed by atoms with van der Waals surface area (Å²) < 4.78 is 0. The van der Waals surface area contributed by atoms with Crippen LogP contribution in [-0.4, -0.2) is 24.0 Å². The van der Waals surface area contributed by atoms with E-state index in [-0.39, 0.29) is 12.3 Å². The van der Waals surface area contributed by atoms with Gasteiger partial charge in [0, 0.05) is 16.8 Å². The fraction of sp³-hybridized carbons (Fsp3) is 0.209. The van der Waals surface area contributed by atoms with Crippen molar-refractivity contribution in [3.63, 3.8) is 0 Å². The zero-order valence-corrected chi connectivity index (χ0v) is 27.4. The van der Waals surface area contributed by atoms with E-state index < -0.39 is 0 Å². The number of hydrogen-bond acceptors (Lipinski definition) is 5. The van der Waals surface area contributed by atoms with Crippen LogP contribution in [-0.2, 0) is 0 Å². The highest BCUT2D eigenvalue weighted by Crippen LogP contribution is 2.42. The maximum absolute atomic E-state index is 5.26. The number of hydrogen-bond donors (Lipinski definition) is 2. The van der Waals surface area contributed by atoms with Gasteiger partial charge in [0.2, 0.25) is 0 Å². The molecule has 0 saturated heterocycles. The maximum Gasteiger partial charge on any atom is 0.169 e. The molecule has 5 nitrogen and oxygen atoms in total. The van der Waals surface area contributed by atoms with Gasteiger partial charge in [-0.1, -0.05) is 123 Å². The van der Waals surface area contributed by atoms with Crippen LogP contribution in [0.1, 0.15) is 56.6 Å². The fourth-order valence-electron chi connectivity index (χ4n) is 7.28. The second-order valence-corrected chi connectivity index (χ2v) is 12.8. The maximum atomic E-state index is 5.26. The first-order valence-corrected chi connectivity index (χ1v) is 17.4. The quantitative estimate of drug-likeness (QED) is 0.204. The lowest BCUT2D eigenvalue weighted by Crippen LogP contribution is -2.38. The van der Waals surface area contributed by atoms with Crippen LogP contribution < -0.4 is 15.5 Å². The average molecular weight is 628 g/mol. The molecule has 8 rings (SSSR count). The van der Waals surface area contributed by atoms with E-state index in [9.17, 15) is 0 Å². The van der Waals surface area contributed by atoms with Crippen molar-refractivity contribution in [1.82, 2.24) is 5.32 Å². The molecule has 0 aromatic heterocycles. The Balaban J connectivity index is 1.17. The molecule has 2 unspecified atom stereocenters. The molecule has 238 valence electrons. The van der Waals surface area contributed by atoms with Gasteiger partial charge >= 0.3 is 0 Å². The van der Waals surface area contributed by atoms with E-state index in [1.165, 1.54) is 39.3 Å². The van der Waals surface area contributed by atoms with Crippen molar-refractivity contribution in [3.8, 4) is 11.1 Å². The van der Waals surface area contributed by atoms with E-state index >= 15 is 0 Å². The largest absolute Gasteiger partial charge is 0.363 e. The lowest BCUT2D eigenvalue weighted by atomic mass is 9.86. The van der Waals surface area contributed by atoms with Gasteiger partial charge in [0.15, 0.2) is 6.17 Å². The van der Waals surface area contributed by atoms with Gasteiger partial charge < -0.3 is 15.5 Å². The molecule has 2 N–H and O–H groups in total. The Morgan fingerprint density at radius 2 is 1.46 bits per heavy atom. The van der Waals surface area contributed by atoms with Gasteiger partial charge in [-0.25, -0.2) is 9.98 Å². The Morgan fingerprint density at radius 1 is 0.708 bits per heavy atom. The molecule has 0 bridgehead atoms. The number of amidine groups is 2. The number of benzene rings is 4. The Kier molecular flexibility index (Phi) is 8.34. The van der Waals surface area contributed by atoms with Gasteiger partial charge in [0.25, 0.3) is 0 Å². The molecule has 4 aromatic carbocycles. The molecule has 0 spiro atoms. The van der Waals surface area contributed by atoms with Crippen molar-refractivity contribution in [2.45, 2.75) is 57.8 Å². The summed E-state index contributed by atoms with van der Waals surface area (Å²) in [5, 5.41) is 7.39. The molecule has 4 aliphatic rings. The van der Waals surface area contributed by atoms with Crippen LogP contribution in [0.3, 0.4) is 0 Å². The molecule has 2 heterocycles. The Bertz CT molecular complexity index is 1990. The molecule has 5 heteroatoms. The number of allylic oxidation sites excluding steroid dienone is 4. The zero-order valence-electron chi connectivity index (χ0n) is 27.4. The molecular weight excluding hydrogens is 587 g/mol. The normalized spacial score (nSPS) is 20.0. The summed E-state index contributed by atoms with van der Waals surface area (Å²) in [5.41, 5.74) is 12.0. The van der Waals surface area contributed by atoms with Crippen LogP contribution >= 0.6 is 0 Å². The first-order chi connectivity index (χ1) is 23.8. The monoisotopic (exact) mass is 627 g/mol. The van der Waals surface area contributed by atoms with Gasteiger partial charge in [-0.15, -0.1) is 0 Å². The van der Waals surface area contributed by atoms with E-state index in [4.69, 9.17) is 9.98 Å². The molecule has 2 aliphatic carbocycles. The number of para-hydroxylation sites is 2. The lowest BCUT2D eigenvalue weighted by Gasteiger charge is -2.27. The third-order valence-electron chi connectivity index (χ3n) is 9.60. The summed E-state index contributed by atoms with van der Waals surface area (Å²) in [6.45, 7) is 2.25. The number of anilines is 3. The highest BCUT2D eigenvalue weighted by molar-refractivity contribution is 6.19. The zero-order chi connectivity index (χ0) is 32.3. The molecule has 0 fully saturated rings. The molecule has 0 radical (unpaired) electrons. The average Bonchev–Trinajstić information content (AvgIpc) is 3.53. The highest BCUT2D eigenvalue weighted by Gasteiger charge is 2.29. The number of nitrogens with one attached hydrogen (secondary N) is 2.